The van der Waals surface area contributed by atoms with Gasteiger partial charge in [0.2, 0.25) is 11.8 Å². The van der Waals surface area contributed by atoms with Crippen LogP contribution in [0.25, 0.3) is 0 Å². The molecule has 4 rings (SSSR count). The van der Waals surface area contributed by atoms with Gasteiger partial charge in [-0.05, 0) is 66.8 Å². The number of ether oxygens (including phenoxy) is 1. The Morgan fingerprint density at radius 1 is 1.06 bits per heavy atom. The van der Waals surface area contributed by atoms with E-state index in [9.17, 15) is 14.7 Å². The molecular weight excluding hydrogens is 454 g/mol. The maximum Gasteiger partial charge on any atom is 0.249 e. The molecule has 2 aliphatic rings. The summed E-state index contributed by atoms with van der Waals surface area (Å²) in [6.45, 7) is 13.4. The van der Waals surface area contributed by atoms with Crippen LogP contribution < -0.4 is 9.80 Å². The van der Waals surface area contributed by atoms with Crippen molar-refractivity contribution in [3.63, 3.8) is 0 Å². The minimum Gasteiger partial charge on any atom is -0.507 e. The van der Waals surface area contributed by atoms with Crippen LogP contribution in [0.2, 0.25) is 0 Å². The van der Waals surface area contributed by atoms with Crippen LogP contribution in [0.15, 0.2) is 24.3 Å². The quantitative estimate of drug-likeness (QED) is 0.694. The molecule has 0 radical (unpaired) electrons. The van der Waals surface area contributed by atoms with Gasteiger partial charge >= 0.3 is 0 Å². The Morgan fingerprint density at radius 3 is 2.33 bits per heavy atom. The van der Waals surface area contributed by atoms with Crippen molar-refractivity contribution in [1.29, 1.82) is 0 Å². The molecular formula is C29H39N3O4. The predicted octanol–water partition coefficient (Wildman–Crippen LogP) is 4.11. The van der Waals surface area contributed by atoms with Crippen LogP contribution in [0.4, 0.5) is 11.4 Å². The molecule has 1 N–H and O–H groups in total. The van der Waals surface area contributed by atoms with Crippen molar-refractivity contribution < 1.29 is 19.4 Å². The fraction of sp³-hybridized carbons (Fsp3) is 0.517. The zero-order valence-electron chi connectivity index (χ0n) is 22.8. The van der Waals surface area contributed by atoms with Crippen LogP contribution in [0.5, 0.6) is 5.75 Å². The largest absolute Gasteiger partial charge is 0.507 e. The average molecular weight is 494 g/mol. The van der Waals surface area contributed by atoms with Gasteiger partial charge in [-0.15, -0.1) is 0 Å². The first kappa shape index (κ1) is 26.0. The van der Waals surface area contributed by atoms with Gasteiger partial charge in [0.25, 0.3) is 0 Å². The van der Waals surface area contributed by atoms with Crippen molar-refractivity contribution in [3.05, 3.63) is 52.1 Å². The average Bonchev–Trinajstić information content (AvgIpc) is 2.81. The number of aryl methyl sites for hydroxylation is 1. The van der Waals surface area contributed by atoms with Crippen LogP contribution in [0, 0.1) is 26.2 Å². The van der Waals surface area contributed by atoms with Crippen molar-refractivity contribution in [1.82, 2.24) is 4.90 Å². The molecule has 0 bridgehead atoms. The van der Waals surface area contributed by atoms with Crippen LogP contribution >= 0.6 is 0 Å². The molecule has 0 spiro atoms. The molecule has 2 heterocycles. The number of amides is 2. The normalized spacial score (nSPS) is 18.1. The molecule has 7 heteroatoms. The molecule has 36 heavy (non-hydrogen) atoms. The lowest BCUT2D eigenvalue weighted by molar-refractivity contribution is -0.147. The van der Waals surface area contributed by atoms with Gasteiger partial charge in [0.05, 0.1) is 6.10 Å². The number of methoxy groups -OCH3 is 1. The Morgan fingerprint density at radius 2 is 1.72 bits per heavy atom. The molecule has 2 aromatic carbocycles. The third-order valence-corrected chi connectivity index (χ3v) is 7.77. The smallest absolute Gasteiger partial charge is 0.249 e. The number of fused-ring (bicyclic) bond motifs is 1. The maximum atomic E-state index is 14.0. The minimum atomic E-state index is -0.614. The lowest BCUT2D eigenvalue weighted by Gasteiger charge is -2.43. The third kappa shape index (κ3) is 4.57. The number of carbonyl (C=O) groups is 2. The summed E-state index contributed by atoms with van der Waals surface area (Å²) in [6.07, 6.45) is 0.726. The molecule has 1 fully saturated rings. The zero-order chi connectivity index (χ0) is 26.5. The van der Waals surface area contributed by atoms with Crippen molar-refractivity contribution in [3.8, 4) is 5.75 Å². The first-order valence-corrected chi connectivity index (χ1v) is 12.6. The molecule has 0 saturated carbocycles. The lowest BCUT2D eigenvalue weighted by atomic mass is 9.87. The fourth-order valence-corrected chi connectivity index (χ4v) is 5.17. The second-order valence-corrected chi connectivity index (χ2v) is 11.3. The second-order valence-electron chi connectivity index (χ2n) is 11.3. The Kier molecular flexibility index (Phi) is 6.82. The summed E-state index contributed by atoms with van der Waals surface area (Å²) in [4.78, 5) is 33.2. The highest BCUT2D eigenvalue weighted by molar-refractivity contribution is 6.00. The number of phenolic OH excluding ortho intramolecular Hbond substituents is 1. The minimum absolute atomic E-state index is 0.0384. The van der Waals surface area contributed by atoms with E-state index in [1.54, 1.807) is 24.0 Å². The van der Waals surface area contributed by atoms with Crippen molar-refractivity contribution in [2.24, 2.45) is 5.41 Å². The number of benzene rings is 2. The number of aromatic hydroxyl groups is 1. The summed E-state index contributed by atoms with van der Waals surface area (Å²) in [6, 6.07) is 7.61. The van der Waals surface area contributed by atoms with Gasteiger partial charge in [-0.2, -0.15) is 0 Å². The molecule has 7 nitrogen and oxygen atoms in total. The van der Waals surface area contributed by atoms with E-state index >= 15 is 0 Å². The van der Waals surface area contributed by atoms with E-state index in [1.807, 2.05) is 47.6 Å². The van der Waals surface area contributed by atoms with Gasteiger partial charge in [-0.1, -0.05) is 26.8 Å². The number of nitrogens with zero attached hydrogens (tertiary/aromatic N) is 3. The Bertz CT molecular complexity index is 1190. The summed E-state index contributed by atoms with van der Waals surface area (Å²) < 4.78 is 5.41. The molecule has 0 unspecified atom stereocenters. The van der Waals surface area contributed by atoms with E-state index in [0.29, 0.717) is 13.0 Å². The fourth-order valence-electron chi connectivity index (χ4n) is 5.17. The number of anilines is 2. The van der Waals surface area contributed by atoms with E-state index in [0.717, 1.165) is 52.3 Å². The SMILES string of the molecule is COC1CN(c2ccc3c(c2)CN(C(=O)C(C)(C)C)[C@H](C(=O)N(C)c2cc(C)c(O)c(C)c2C)C3)C1. The summed E-state index contributed by atoms with van der Waals surface area (Å²) >= 11 is 0. The van der Waals surface area contributed by atoms with Crippen molar-refractivity contribution >= 4 is 23.2 Å². The van der Waals surface area contributed by atoms with E-state index in [4.69, 9.17) is 4.74 Å². The molecule has 194 valence electrons. The van der Waals surface area contributed by atoms with Gasteiger partial charge in [-0.3, -0.25) is 9.59 Å². The summed E-state index contributed by atoms with van der Waals surface area (Å²) in [5, 5.41) is 10.3. The molecule has 2 aromatic rings. The van der Waals surface area contributed by atoms with Crippen LogP contribution in [-0.2, 0) is 27.3 Å². The zero-order valence-corrected chi connectivity index (χ0v) is 22.8. The van der Waals surface area contributed by atoms with E-state index in [1.165, 1.54) is 0 Å². The molecule has 2 aliphatic heterocycles. The Balaban J connectivity index is 1.68. The van der Waals surface area contributed by atoms with Gasteiger partial charge in [-0.25, -0.2) is 0 Å². The summed E-state index contributed by atoms with van der Waals surface area (Å²) in [7, 11) is 3.50. The van der Waals surface area contributed by atoms with Crippen molar-refractivity contribution in [2.75, 3.05) is 37.0 Å². The van der Waals surface area contributed by atoms with Crippen LogP contribution in [0.1, 0.15) is 48.6 Å². The van der Waals surface area contributed by atoms with Crippen molar-refractivity contribution in [2.45, 2.75) is 66.7 Å². The first-order chi connectivity index (χ1) is 16.8. The Labute approximate surface area is 214 Å². The van der Waals surface area contributed by atoms with Crippen LogP contribution in [-0.4, -0.2) is 61.2 Å². The van der Waals surface area contributed by atoms with E-state index in [2.05, 4.69) is 23.1 Å². The van der Waals surface area contributed by atoms with Gasteiger partial charge in [0.15, 0.2) is 0 Å². The maximum absolute atomic E-state index is 14.0. The number of likely N-dealkylation sites (N-methyl/N-ethyl adjacent to an activating group) is 1. The highest BCUT2D eigenvalue weighted by Gasteiger charge is 2.40. The molecule has 0 aromatic heterocycles. The van der Waals surface area contributed by atoms with Gasteiger partial charge < -0.3 is 24.5 Å². The molecule has 1 atom stereocenters. The number of carbonyl (C=O) groups excluding carboxylic acids is 2. The summed E-state index contributed by atoms with van der Waals surface area (Å²) in [5.74, 6) is 0.0899. The molecule has 1 saturated heterocycles. The standard InChI is InChI=1S/C29H39N3O4/c1-17-11-24(18(2)19(3)26(17)33)30(7)27(34)25-13-20-9-10-22(31-15-23(16-31)36-8)12-21(20)14-32(25)28(35)29(4,5)6/h9-12,23,25,33H,13-16H2,1-8H3/t25-/m0/s1. The number of hydrogen-bond acceptors (Lipinski definition) is 5. The van der Waals surface area contributed by atoms with Crippen LogP contribution in [0.3, 0.4) is 0 Å². The topological polar surface area (TPSA) is 73.3 Å². The van der Waals surface area contributed by atoms with Gasteiger partial charge in [0.1, 0.15) is 11.8 Å². The molecule has 0 aliphatic carbocycles. The highest BCUT2D eigenvalue weighted by Crippen LogP contribution is 2.36. The summed E-state index contributed by atoms with van der Waals surface area (Å²) in [5.41, 5.74) is 5.78. The number of rotatable bonds is 4. The monoisotopic (exact) mass is 493 g/mol. The van der Waals surface area contributed by atoms with E-state index < -0.39 is 11.5 Å². The second kappa shape index (κ2) is 9.43. The number of hydrogen-bond donors (Lipinski definition) is 1. The van der Waals surface area contributed by atoms with Gasteiger partial charge in [0, 0.05) is 57.0 Å². The molecule has 2 amide bonds. The lowest BCUT2D eigenvalue weighted by Crippen LogP contribution is -2.55. The highest BCUT2D eigenvalue weighted by atomic mass is 16.5. The number of phenols is 1. The first-order valence-electron chi connectivity index (χ1n) is 12.6. The predicted molar refractivity (Wildman–Crippen MR) is 143 cm³/mol. The third-order valence-electron chi connectivity index (χ3n) is 7.77. The van der Waals surface area contributed by atoms with E-state index in [-0.39, 0.29) is 23.7 Å². The Hall–Kier alpha value is -3.06.